The van der Waals surface area contributed by atoms with E-state index in [0.29, 0.717) is 21.6 Å². The highest BCUT2D eigenvalue weighted by Crippen LogP contribution is 2.30. The van der Waals surface area contributed by atoms with Gasteiger partial charge in [-0.3, -0.25) is 0 Å². The van der Waals surface area contributed by atoms with E-state index in [1.54, 1.807) is 12.1 Å². The molecule has 3 rings (SSSR count). The van der Waals surface area contributed by atoms with Gasteiger partial charge in [-0.2, -0.15) is 4.31 Å². The molecule has 0 fully saturated rings. The van der Waals surface area contributed by atoms with Crippen molar-refractivity contribution in [1.82, 2.24) is 4.31 Å². The van der Waals surface area contributed by atoms with E-state index >= 15 is 0 Å². The molecule has 1 aromatic heterocycles. The fraction of sp³-hybridized carbons (Fsp3) is 0.200. The second-order valence-electron chi connectivity index (χ2n) is 4.77. The fourth-order valence-electron chi connectivity index (χ4n) is 2.35. The van der Waals surface area contributed by atoms with Crippen LogP contribution in [0.4, 0.5) is 0 Å². The first-order valence-electron chi connectivity index (χ1n) is 6.57. The van der Waals surface area contributed by atoms with Crippen LogP contribution >= 0.6 is 22.9 Å². The number of hydrogen-bond acceptors (Lipinski definition) is 3. The number of sulfonamides is 1. The van der Waals surface area contributed by atoms with Crippen molar-refractivity contribution in [3.8, 4) is 0 Å². The number of hydrogen-bond donors (Lipinski definition) is 0. The largest absolute Gasteiger partial charge is 0.252 e. The van der Waals surface area contributed by atoms with Crippen molar-refractivity contribution in [1.29, 1.82) is 0 Å². The molecule has 0 atom stereocenters. The minimum absolute atomic E-state index is 0.309. The second-order valence-corrected chi connectivity index (χ2v) is 8.65. The Labute approximate surface area is 133 Å². The summed E-state index contributed by atoms with van der Waals surface area (Å²) in [7, 11) is -3.42. The smallest absolute Gasteiger partial charge is 0.206 e. The molecule has 0 amide bonds. The van der Waals surface area contributed by atoms with E-state index in [-0.39, 0.29) is 0 Å². The Morgan fingerprint density at radius 3 is 2.43 bits per heavy atom. The number of nitrogens with zero attached hydrogens (tertiary/aromatic N) is 1. The molecule has 0 radical (unpaired) electrons. The van der Waals surface area contributed by atoms with Gasteiger partial charge >= 0.3 is 0 Å². The lowest BCUT2D eigenvalue weighted by Crippen LogP contribution is -2.34. The van der Waals surface area contributed by atoms with Crippen LogP contribution < -0.4 is 0 Å². The van der Waals surface area contributed by atoms with Crippen LogP contribution in [-0.4, -0.2) is 25.8 Å². The molecule has 0 aliphatic carbocycles. The van der Waals surface area contributed by atoms with Gasteiger partial charge in [-0.15, -0.1) is 11.3 Å². The molecule has 0 saturated heterocycles. The predicted molar refractivity (Wildman–Crippen MR) is 87.1 cm³/mol. The van der Waals surface area contributed by atoms with Crippen molar-refractivity contribution in [2.24, 2.45) is 0 Å². The number of thiophene rings is 1. The van der Waals surface area contributed by atoms with Gasteiger partial charge in [-0.25, -0.2) is 8.42 Å². The van der Waals surface area contributed by atoms with Gasteiger partial charge in [0.1, 0.15) is 4.21 Å². The van der Waals surface area contributed by atoms with E-state index in [1.165, 1.54) is 9.88 Å². The third-order valence-corrected chi connectivity index (χ3v) is 7.02. The number of benzene rings is 1. The Kier molecular flexibility index (Phi) is 4.17. The van der Waals surface area contributed by atoms with Crippen molar-refractivity contribution < 1.29 is 8.42 Å². The van der Waals surface area contributed by atoms with Crippen LogP contribution in [0.25, 0.3) is 5.57 Å². The molecule has 1 aliphatic rings. The topological polar surface area (TPSA) is 37.4 Å². The molecular weight excluding hydrogens is 326 g/mol. The molecule has 2 heterocycles. The van der Waals surface area contributed by atoms with E-state index in [9.17, 15) is 8.42 Å². The molecule has 3 nitrogen and oxygen atoms in total. The first-order valence-corrected chi connectivity index (χ1v) is 9.21. The summed E-state index contributed by atoms with van der Waals surface area (Å²) in [5.41, 5.74) is 2.36. The highest BCUT2D eigenvalue weighted by atomic mass is 35.5. The summed E-state index contributed by atoms with van der Waals surface area (Å²) < 4.78 is 27.3. The van der Waals surface area contributed by atoms with Gasteiger partial charge in [-0.1, -0.05) is 48.0 Å². The second kappa shape index (κ2) is 5.93. The molecule has 1 aliphatic heterocycles. The highest BCUT2D eigenvalue weighted by molar-refractivity contribution is 7.91. The zero-order chi connectivity index (χ0) is 14.9. The van der Waals surface area contributed by atoms with Crippen molar-refractivity contribution in [2.45, 2.75) is 10.6 Å². The van der Waals surface area contributed by atoms with Gasteiger partial charge in [0.15, 0.2) is 0 Å². The predicted octanol–water partition coefficient (Wildman–Crippen LogP) is 3.88. The number of rotatable bonds is 3. The fourth-order valence-corrected chi connectivity index (χ4v) is 5.36. The maximum Gasteiger partial charge on any atom is 0.252 e. The van der Waals surface area contributed by atoms with Gasteiger partial charge in [0.2, 0.25) is 0 Å². The first kappa shape index (κ1) is 14.8. The van der Waals surface area contributed by atoms with Crippen LogP contribution in [0.2, 0.25) is 4.34 Å². The lowest BCUT2D eigenvalue weighted by atomic mass is 10.0. The minimum Gasteiger partial charge on any atom is -0.206 e. The third kappa shape index (κ3) is 3.06. The van der Waals surface area contributed by atoms with Gasteiger partial charge < -0.3 is 0 Å². The van der Waals surface area contributed by atoms with Crippen molar-refractivity contribution in [2.75, 3.05) is 13.1 Å². The molecular formula is C15H14ClNO2S2. The van der Waals surface area contributed by atoms with Gasteiger partial charge in [0.25, 0.3) is 10.0 Å². The Bertz CT molecular complexity index is 766. The van der Waals surface area contributed by atoms with Crippen molar-refractivity contribution >= 4 is 38.5 Å². The van der Waals surface area contributed by atoms with Crippen LogP contribution in [-0.2, 0) is 10.0 Å². The van der Waals surface area contributed by atoms with Gasteiger partial charge in [-0.05, 0) is 29.7 Å². The summed E-state index contributed by atoms with van der Waals surface area (Å²) in [6.45, 7) is 0.903. The van der Waals surface area contributed by atoms with Crippen molar-refractivity contribution in [3.63, 3.8) is 0 Å². The van der Waals surface area contributed by atoms with E-state index in [4.69, 9.17) is 11.6 Å². The quantitative estimate of drug-likeness (QED) is 0.851. The van der Waals surface area contributed by atoms with E-state index in [2.05, 4.69) is 12.1 Å². The molecule has 21 heavy (non-hydrogen) atoms. The zero-order valence-electron chi connectivity index (χ0n) is 11.2. The van der Waals surface area contributed by atoms with Gasteiger partial charge in [0, 0.05) is 13.1 Å². The SMILES string of the molecule is O=S(=O)(c1ccc(Cl)s1)N1CC=C(c2ccccc2)CC1. The summed E-state index contributed by atoms with van der Waals surface area (Å²) in [6, 6.07) is 13.3. The molecule has 0 unspecified atom stereocenters. The lowest BCUT2D eigenvalue weighted by Gasteiger charge is -2.25. The molecule has 2 aromatic rings. The molecule has 0 saturated carbocycles. The average Bonchev–Trinajstić information content (AvgIpc) is 2.96. The van der Waals surface area contributed by atoms with E-state index in [1.807, 2.05) is 24.3 Å². The normalized spacial score (nSPS) is 16.7. The molecule has 0 spiro atoms. The maximum atomic E-state index is 12.5. The van der Waals surface area contributed by atoms with Crippen LogP contribution in [0.15, 0.2) is 52.7 Å². The minimum atomic E-state index is -3.42. The van der Waals surface area contributed by atoms with Crippen LogP contribution in [0.1, 0.15) is 12.0 Å². The van der Waals surface area contributed by atoms with Gasteiger partial charge in [0.05, 0.1) is 4.34 Å². The Hall–Kier alpha value is -1.14. The van der Waals surface area contributed by atoms with E-state index < -0.39 is 10.0 Å². The summed E-state index contributed by atoms with van der Waals surface area (Å²) in [5.74, 6) is 0. The number of halogens is 1. The Morgan fingerprint density at radius 2 is 1.86 bits per heavy atom. The monoisotopic (exact) mass is 339 g/mol. The molecule has 0 N–H and O–H groups in total. The van der Waals surface area contributed by atoms with Crippen LogP contribution in [0, 0.1) is 0 Å². The summed E-state index contributed by atoms with van der Waals surface area (Å²) >= 11 is 6.93. The molecule has 6 heteroatoms. The summed E-state index contributed by atoms with van der Waals surface area (Å²) in [6.07, 6.45) is 2.72. The van der Waals surface area contributed by atoms with Crippen LogP contribution in [0.3, 0.4) is 0 Å². The zero-order valence-corrected chi connectivity index (χ0v) is 13.6. The summed E-state index contributed by atoms with van der Waals surface area (Å²) in [4.78, 5) is 0. The third-order valence-electron chi connectivity index (χ3n) is 3.46. The Balaban J connectivity index is 1.81. The molecule has 1 aromatic carbocycles. The average molecular weight is 340 g/mol. The lowest BCUT2D eigenvalue weighted by molar-refractivity contribution is 0.442. The molecule has 110 valence electrons. The Morgan fingerprint density at radius 1 is 1.10 bits per heavy atom. The van der Waals surface area contributed by atoms with Crippen LogP contribution in [0.5, 0.6) is 0 Å². The van der Waals surface area contributed by atoms with Crippen molar-refractivity contribution in [3.05, 3.63) is 58.4 Å². The standard InChI is InChI=1S/C15H14ClNO2S2/c16-14-6-7-15(20-14)21(18,19)17-10-8-13(9-11-17)12-4-2-1-3-5-12/h1-8H,9-11H2. The highest BCUT2D eigenvalue weighted by Gasteiger charge is 2.27. The molecule has 0 bridgehead atoms. The summed E-state index contributed by atoms with van der Waals surface area (Å²) in [5, 5.41) is 0. The first-order chi connectivity index (χ1) is 10.1. The maximum absolute atomic E-state index is 12.5. The van der Waals surface area contributed by atoms with E-state index in [0.717, 1.165) is 23.3 Å².